The molecule has 0 saturated heterocycles. The van der Waals surface area contributed by atoms with Gasteiger partial charge >= 0.3 is 0 Å². The van der Waals surface area contributed by atoms with Gasteiger partial charge in [-0.05, 0) is 30.8 Å². The van der Waals surface area contributed by atoms with Gasteiger partial charge in [-0.1, -0.05) is 184 Å². The minimum Gasteiger partial charge on any atom is -0.405 e. The number of aromatic nitrogens is 4. The predicted octanol–water partition coefficient (Wildman–Crippen LogP) is 6.60. The molecule has 0 aliphatic heterocycles. The topological polar surface area (TPSA) is 120 Å². The van der Waals surface area contributed by atoms with Crippen molar-refractivity contribution in [3.8, 4) is 0 Å². The van der Waals surface area contributed by atoms with Crippen molar-refractivity contribution in [2.24, 2.45) is 5.41 Å². The summed E-state index contributed by atoms with van der Waals surface area (Å²) < 4.78 is 23.5. The van der Waals surface area contributed by atoms with Crippen molar-refractivity contribution in [2.45, 2.75) is 85.2 Å². The van der Waals surface area contributed by atoms with Gasteiger partial charge in [0.25, 0.3) is 22.2 Å². The highest BCUT2D eigenvalue weighted by atomic mass is 28.4. The van der Waals surface area contributed by atoms with Crippen LogP contribution in [0.25, 0.3) is 11.2 Å². The summed E-state index contributed by atoms with van der Waals surface area (Å²) in [5, 5.41) is 6.86. The minimum absolute atomic E-state index is 0.00150. The molecule has 58 heavy (non-hydrogen) atoms. The molecule has 0 atom stereocenters. The van der Waals surface area contributed by atoms with E-state index in [0.29, 0.717) is 0 Å². The molecule has 1 amide bonds. The minimum atomic E-state index is -2.98. The Balaban J connectivity index is 1.42. The van der Waals surface area contributed by atoms with Gasteiger partial charge in [-0.2, -0.15) is 4.98 Å². The standard InChI is InChI=1S/C46H57N5O5Si2/c1-44(2,3)42(53)50-43-48-40-39(41(52)49-43)47-32-51(40)33-54-34(30-55-57(45(4,5)6,35-22-14-10-15-23-35)36-24-16-11-17-25-36)31-56-58(46(7,8)9,37-26-18-12-19-27-37)38-28-20-13-21-29-38/h10-29,32,34H,30-31,33H2,1-9H3,(H2,48,49,50,52,53). The van der Waals surface area contributed by atoms with Gasteiger partial charge in [-0.15, -0.1) is 0 Å². The lowest BCUT2D eigenvalue weighted by Gasteiger charge is -2.45. The molecule has 0 fully saturated rings. The Hall–Kier alpha value is -4.99. The van der Waals surface area contributed by atoms with Gasteiger partial charge in [0.15, 0.2) is 11.2 Å². The number of amides is 1. The fourth-order valence-electron chi connectivity index (χ4n) is 7.69. The molecule has 0 saturated carbocycles. The number of nitrogens with zero attached hydrogens (tertiary/aromatic N) is 3. The molecule has 0 unspecified atom stereocenters. The number of carbonyl (C=O) groups is 1. The summed E-state index contributed by atoms with van der Waals surface area (Å²) in [5.41, 5.74) is -0.733. The van der Waals surface area contributed by atoms with Crippen LogP contribution < -0.4 is 31.6 Å². The molecule has 2 aromatic heterocycles. The lowest BCUT2D eigenvalue weighted by atomic mass is 9.96. The van der Waals surface area contributed by atoms with Crippen molar-refractivity contribution in [1.82, 2.24) is 19.5 Å². The molecular formula is C46H57N5O5Si2. The number of carbonyl (C=O) groups excluding carboxylic acids is 1. The Morgan fingerprint density at radius 2 is 1.07 bits per heavy atom. The summed E-state index contributed by atoms with van der Waals surface area (Å²) in [6.45, 7) is 19.3. The van der Waals surface area contributed by atoms with Gasteiger partial charge in [-0.25, -0.2) is 4.98 Å². The smallest absolute Gasteiger partial charge is 0.280 e. The summed E-state index contributed by atoms with van der Waals surface area (Å²) >= 11 is 0. The molecule has 12 heteroatoms. The number of hydrogen-bond donors (Lipinski definition) is 2. The molecule has 6 aromatic rings. The molecular weight excluding hydrogens is 759 g/mol. The maximum atomic E-state index is 13.1. The second kappa shape index (κ2) is 17.1. The number of aromatic amines is 1. The number of H-pyrrole nitrogens is 1. The van der Waals surface area contributed by atoms with Crippen molar-refractivity contribution >= 4 is 60.4 Å². The highest BCUT2D eigenvalue weighted by Gasteiger charge is 2.52. The van der Waals surface area contributed by atoms with Crippen LogP contribution in [0.2, 0.25) is 10.1 Å². The normalized spacial score (nSPS) is 12.9. The van der Waals surface area contributed by atoms with Crippen molar-refractivity contribution in [3.05, 3.63) is 138 Å². The van der Waals surface area contributed by atoms with Crippen LogP contribution in [0.3, 0.4) is 0 Å². The second-order valence-corrected chi connectivity index (χ2v) is 26.5. The molecule has 2 N–H and O–H groups in total. The molecule has 0 bridgehead atoms. The number of ether oxygens (including phenoxy) is 1. The van der Waals surface area contributed by atoms with Crippen LogP contribution in [0.15, 0.2) is 132 Å². The first-order valence-corrected chi connectivity index (χ1v) is 23.7. The molecule has 0 spiro atoms. The van der Waals surface area contributed by atoms with E-state index in [1.165, 1.54) is 6.33 Å². The number of hydrogen-bond acceptors (Lipinski definition) is 7. The Morgan fingerprint density at radius 3 is 1.43 bits per heavy atom. The fourth-order valence-corrected chi connectivity index (χ4v) is 16.9. The Kier molecular flexibility index (Phi) is 12.6. The molecule has 0 aliphatic rings. The largest absolute Gasteiger partial charge is 0.405 e. The van der Waals surface area contributed by atoms with Crippen molar-refractivity contribution in [1.29, 1.82) is 0 Å². The predicted molar refractivity (Wildman–Crippen MR) is 238 cm³/mol. The van der Waals surface area contributed by atoms with Crippen molar-refractivity contribution in [2.75, 3.05) is 18.5 Å². The number of benzene rings is 4. The van der Waals surface area contributed by atoms with Gasteiger partial charge in [0.2, 0.25) is 11.9 Å². The molecule has 2 heterocycles. The van der Waals surface area contributed by atoms with E-state index in [1.807, 2.05) is 24.3 Å². The molecule has 0 radical (unpaired) electrons. The summed E-state index contributed by atoms with van der Waals surface area (Å²) in [4.78, 5) is 37.6. The Morgan fingerprint density at radius 1 is 0.672 bits per heavy atom. The summed E-state index contributed by atoms with van der Waals surface area (Å²) in [5.74, 6) is -0.237. The van der Waals surface area contributed by atoms with Crippen LogP contribution in [0, 0.1) is 5.41 Å². The fraction of sp³-hybridized carbons (Fsp3) is 0.348. The van der Waals surface area contributed by atoms with E-state index in [-0.39, 0.29) is 53.0 Å². The summed E-state index contributed by atoms with van der Waals surface area (Å²) in [6, 6.07) is 42.2. The zero-order valence-electron chi connectivity index (χ0n) is 35.2. The number of anilines is 1. The summed E-state index contributed by atoms with van der Waals surface area (Å²) in [7, 11) is -5.96. The van der Waals surface area contributed by atoms with Gasteiger partial charge in [0.05, 0.1) is 19.5 Å². The van der Waals surface area contributed by atoms with E-state index in [0.717, 1.165) is 20.7 Å². The highest BCUT2D eigenvalue weighted by molar-refractivity contribution is 7.00. The third kappa shape index (κ3) is 8.71. The zero-order chi connectivity index (χ0) is 41.8. The number of imidazole rings is 1. The zero-order valence-corrected chi connectivity index (χ0v) is 37.2. The Labute approximate surface area is 344 Å². The average molecular weight is 816 g/mol. The quantitative estimate of drug-likeness (QED) is 0.119. The highest BCUT2D eigenvalue weighted by Crippen LogP contribution is 2.39. The molecule has 0 aliphatic carbocycles. The van der Waals surface area contributed by atoms with Gasteiger partial charge in [0, 0.05) is 5.41 Å². The van der Waals surface area contributed by atoms with Crippen LogP contribution >= 0.6 is 0 Å². The van der Waals surface area contributed by atoms with Crippen molar-refractivity contribution in [3.63, 3.8) is 0 Å². The van der Waals surface area contributed by atoms with Crippen LogP contribution in [-0.4, -0.2) is 61.4 Å². The number of rotatable bonds is 14. The first kappa shape index (κ1) is 42.6. The van der Waals surface area contributed by atoms with Crippen LogP contribution in [-0.2, 0) is 25.1 Å². The first-order chi connectivity index (χ1) is 27.5. The second-order valence-electron chi connectivity index (χ2n) is 17.9. The monoisotopic (exact) mass is 815 g/mol. The lowest BCUT2D eigenvalue weighted by Crippen LogP contribution is -2.68. The van der Waals surface area contributed by atoms with E-state index < -0.39 is 33.7 Å². The summed E-state index contributed by atoms with van der Waals surface area (Å²) in [6.07, 6.45) is 0.966. The SMILES string of the molecule is CC(C)(C)C(=O)Nc1nc2c(ncn2COC(CO[Si](c2ccccc2)(c2ccccc2)C(C)(C)C)CO[Si](c2ccccc2)(c2ccccc2)C(C)(C)C)c(=O)[nH]1. The van der Waals surface area contributed by atoms with Crippen LogP contribution in [0.5, 0.6) is 0 Å². The third-order valence-electron chi connectivity index (χ3n) is 10.6. The lowest BCUT2D eigenvalue weighted by molar-refractivity contribution is -0.123. The van der Waals surface area contributed by atoms with E-state index in [1.54, 1.807) is 25.3 Å². The van der Waals surface area contributed by atoms with Gasteiger partial charge in [0.1, 0.15) is 12.8 Å². The van der Waals surface area contributed by atoms with Gasteiger partial charge < -0.3 is 13.6 Å². The maximum Gasteiger partial charge on any atom is 0.280 e. The van der Waals surface area contributed by atoms with E-state index in [4.69, 9.17) is 13.6 Å². The maximum absolute atomic E-state index is 13.1. The Bertz CT molecular complexity index is 2150. The van der Waals surface area contributed by atoms with Crippen molar-refractivity contribution < 1.29 is 18.4 Å². The van der Waals surface area contributed by atoms with Crippen LogP contribution in [0.4, 0.5) is 5.95 Å². The van der Waals surface area contributed by atoms with E-state index >= 15 is 0 Å². The van der Waals surface area contributed by atoms with E-state index in [9.17, 15) is 9.59 Å². The van der Waals surface area contributed by atoms with E-state index in [2.05, 4.69) is 159 Å². The third-order valence-corrected chi connectivity index (χ3v) is 20.7. The number of nitrogens with one attached hydrogen (secondary N) is 2. The molecule has 4 aromatic carbocycles. The first-order valence-electron chi connectivity index (χ1n) is 19.9. The molecule has 10 nitrogen and oxygen atoms in total. The van der Waals surface area contributed by atoms with Gasteiger partial charge in [-0.3, -0.25) is 24.5 Å². The number of fused-ring (bicyclic) bond motifs is 1. The average Bonchev–Trinajstić information content (AvgIpc) is 3.60. The molecule has 6 rings (SSSR count). The van der Waals surface area contributed by atoms with Crippen LogP contribution in [0.1, 0.15) is 62.3 Å². The molecule has 304 valence electrons.